The molecule has 0 heterocycles. The fourth-order valence-corrected chi connectivity index (χ4v) is 2.68. The van der Waals surface area contributed by atoms with Crippen molar-refractivity contribution in [3.8, 4) is 0 Å². The molecule has 0 radical (unpaired) electrons. The normalized spacial score (nSPS) is 17.1. The number of rotatable bonds is 3. The minimum Gasteiger partial charge on any atom is -0.399 e. The summed E-state index contributed by atoms with van der Waals surface area (Å²) in [5.74, 6) is -0.198. The molecule has 1 aromatic rings. The van der Waals surface area contributed by atoms with Gasteiger partial charge >= 0.3 is 0 Å². The summed E-state index contributed by atoms with van der Waals surface area (Å²) >= 11 is 12.0. The van der Waals surface area contributed by atoms with Gasteiger partial charge in [-0.15, -0.1) is 0 Å². The van der Waals surface area contributed by atoms with Crippen LogP contribution >= 0.6 is 23.2 Å². The van der Waals surface area contributed by atoms with Crippen LogP contribution in [0.2, 0.25) is 10.0 Å². The molecule has 1 fully saturated rings. The van der Waals surface area contributed by atoms with Gasteiger partial charge in [0.1, 0.15) is 0 Å². The number of nitrogens with two attached hydrogens (primary N) is 1. The van der Waals surface area contributed by atoms with Crippen LogP contribution in [0.1, 0.15) is 43.0 Å². The van der Waals surface area contributed by atoms with Crippen molar-refractivity contribution in [2.24, 2.45) is 0 Å². The zero-order valence-electron chi connectivity index (χ0n) is 10.2. The molecular formula is C13H16Cl2N2O. The Hall–Kier alpha value is -0.930. The lowest BCUT2D eigenvalue weighted by Crippen LogP contribution is -2.53. The average molecular weight is 287 g/mol. The standard InChI is InChI=1S/C13H16Cl2N2O/c1-2-13(4-3-5-13)17-12(18)9-6-8(16)7-10(14)11(9)15/h6-7H,2-5,16H2,1H3,(H,17,18). The Balaban J connectivity index is 2.24. The predicted molar refractivity (Wildman–Crippen MR) is 75.2 cm³/mol. The number of nitrogen functional groups attached to an aromatic ring is 1. The molecule has 3 nitrogen and oxygen atoms in total. The van der Waals surface area contributed by atoms with Gasteiger partial charge in [0.2, 0.25) is 0 Å². The molecule has 0 unspecified atom stereocenters. The number of amides is 1. The zero-order chi connectivity index (χ0) is 13.3. The second-order valence-corrected chi connectivity index (χ2v) is 5.59. The highest BCUT2D eigenvalue weighted by Gasteiger charge is 2.37. The average Bonchev–Trinajstić information content (AvgIpc) is 2.28. The van der Waals surface area contributed by atoms with Crippen LogP contribution < -0.4 is 11.1 Å². The molecule has 18 heavy (non-hydrogen) atoms. The van der Waals surface area contributed by atoms with Crippen LogP contribution in [0.25, 0.3) is 0 Å². The molecule has 1 aromatic carbocycles. The number of carbonyl (C=O) groups is 1. The van der Waals surface area contributed by atoms with Gasteiger partial charge in [0.05, 0.1) is 15.6 Å². The Morgan fingerprint density at radius 3 is 2.61 bits per heavy atom. The third-order valence-electron chi connectivity index (χ3n) is 3.66. The molecular weight excluding hydrogens is 271 g/mol. The predicted octanol–water partition coefficient (Wildman–Crippen LogP) is 3.64. The van der Waals surface area contributed by atoms with Crippen LogP contribution in [0, 0.1) is 0 Å². The third-order valence-corrected chi connectivity index (χ3v) is 4.46. The Morgan fingerprint density at radius 2 is 2.11 bits per heavy atom. The van der Waals surface area contributed by atoms with Crippen LogP contribution in [0.3, 0.4) is 0 Å². The molecule has 2 rings (SSSR count). The second kappa shape index (κ2) is 4.98. The number of hydrogen-bond donors (Lipinski definition) is 2. The molecule has 98 valence electrons. The largest absolute Gasteiger partial charge is 0.399 e. The first kappa shape index (κ1) is 13.5. The molecule has 3 N–H and O–H groups in total. The van der Waals surface area contributed by atoms with Crippen LogP contribution in [0.15, 0.2) is 12.1 Å². The van der Waals surface area contributed by atoms with Gasteiger partial charge in [0, 0.05) is 11.2 Å². The summed E-state index contributed by atoms with van der Waals surface area (Å²) in [5, 5.41) is 3.62. The van der Waals surface area contributed by atoms with Gasteiger partial charge in [-0.1, -0.05) is 30.1 Å². The van der Waals surface area contributed by atoms with Crippen molar-refractivity contribution in [2.45, 2.75) is 38.1 Å². The SMILES string of the molecule is CCC1(NC(=O)c2cc(N)cc(Cl)c2Cl)CCC1. The van der Waals surface area contributed by atoms with E-state index in [-0.39, 0.29) is 16.5 Å². The van der Waals surface area contributed by atoms with Crippen molar-refractivity contribution in [1.29, 1.82) is 0 Å². The van der Waals surface area contributed by atoms with Crippen molar-refractivity contribution in [1.82, 2.24) is 5.32 Å². The molecule has 1 aliphatic rings. The summed E-state index contributed by atoms with van der Waals surface area (Å²) in [7, 11) is 0. The van der Waals surface area contributed by atoms with Gasteiger partial charge < -0.3 is 11.1 Å². The first-order valence-electron chi connectivity index (χ1n) is 6.04. The topological polar surface area (TPSA) is 55.1 Å². The first-order chi connectivity index (χ1) is 8.47. The van der Waals surface area contributed by atoms with Crippen molar-refractivity contribution in [3.63, 3.8) is 0 Å². The van der Waals surface area contributed by atoms with E-state index >= 15 is 0 Å². The lowest BCUT2D eigenvalue weighted by atomic mass is 9.74. The van der Waals surface area contributed by atoms with Gasteiger partial charge in [-0.3, -0.25) is 4.79 Å². The highest BCUT2D eigenvalue weighted by atomic mass is 35.5. The van der Waals surface area contributed by atoms with E-state index in [0.29, 0.717) is 16.3 Å². The Morgan fingerprint density at radius 1 is 1.44 bits per heavy atom. The summed E-state index contributed by atoms with van der Waals surface area (Å²) in [5.41, 5.74) is 6.40. The van der Waals surface area contributed by atoms with Crippen molar-refractivity contribution < 1.29 is 4.79 Å². The van der Waals surface area contributed by atoms with Gasteiger partial charge in [-0.25, -0.2) is 0 Å². The van der Waals surface area contributed by atoms with E-state index in [2.05, 4.69) is 12.2 Å². The summed E-state index contributed by atoms with van der Waals surface area (Å²) in [6.07, 6.45) is 4.11. The van der Waals surface area contributed by atoms with E-state index in [9.17, 15) is 4.79 Å². The number of hydrogen-bond acceptors (Lipinski definition) is 2. The van der Waals surface area contributed by atoms with E-state index in [1.165, 1.54) is 0 Å². The Labute approximate surface area is 117 Å². The Bertz CT molecular complexity index is 479. The number of carbonyl (C=O) groups excluding carboxylic acids is 1. The molecule has 0 aromatic heterocycles. The van der Waals surface area contributed by atoms with E-state index < -0.39 is 0 Å². The summed E-state index contributed by atoms with van der Waals surface area (Å²) < 4.78 is 0. The molecule has 0 saturated heterocycles. The maximum atomic E-state index is 12.2. The molecule has 5 heteroatoms. The summed E-state index contributed by atoms with van der Waals surface area (Å²) in [6.45, 7) is 2.08. The van der Waals surface area contributed by atoms with Crippen molar-refractivity contribution >= 4 is 34.8 Å². The summed E-state index contributed by atoms with van der Waals surface area (Å²) in [4.78, 5) is 12.2. The van der Waals surface area contributed by atoms with Gasteiger partial charge in [-0.2, -0.15) is 0 Å². The number of halogens is 2. The molecule has 1 aliphatic carbocycles. The number of anilines is 1. The number of nitrogens with one attached hydrogen (secondary N) is 1. The zero-order valence-corrected chi connectivity index (χ0v) is 11.7. The fourth-order valence-electron chi connectivity index (χ4n) is 2.25. The quantitative estimate of drug-likeness (QED) is 0.834. The van der Waals surface area contributed by atoms with Gasteiger partial charge in [0.15, 0.2) is 0 Å². The molecule has 0 bridgehead atoms. The minimum absolute atomic E-state index is 0.0719. The second-order valence-electron chi connectivity index (χ2n) is 4.81. The van der Waals surface area contributed by atoms with E-state index in [1.807, 2.05) is 0 Å². The molecule has 0 aliphatic heterocycles. The molecule has 1 saturated carbocycles. The number of benzene rings is 1. The van der Waals surface area contributed by atoms with Gasteiger partial charge in [-0.05, 0) is 37.8 Å². The van der Waals surface area contributed by atoms with Crippen LogP contribution in [0.4, 0.5) is 5.69 Å². The van der Waals surface area contributed by atoms with E-state index in [4.69, 9.17) is 28.9 Å². The molecule has 0 atom stereocenters. The van der Waals surface area contributed by atoms with Gasteiger partial charge in [0.25, 0.3) is 5.91 Å². The maximum Gasteiger partial charge on any atom is 0.253 e. The van der Waals surface area contributed by atoms with Crippen LogP contribution in [0.5, 0.6) is 0 Å². The van der Waals surface area contributed by atoms with E-state index in [0.717, 1.165) is 25.7 Å². The van der Waals surface area contributed by atoms with Crippen molar-refractivity contribution in [2.75, 3.05) is 5.73 Å². The molecule has 1 amide bonds. The van der Waals surface area contributed by atoms with Crippen LogP contribution in [-0.4, -0.2) is 11.4 Å². The minimum atomic E-state index is -0.198. The highest BCUT2D eigenvalue weighted by molar-refractivity contribution is 6.44. The third kappa shape index (κ3) is 2.43. The maximum absolute atomic E-state index is 12.2. The van der Waals surface area contributed by atoms with Crippen molar-refractivity contribution in [3.05, 3.63) is 27.7 Å². The van der Waals surface area contributed by atoms with E-state index in [1.54, 1.807) is 12.1 Å². The highest BCUT2D eigenvalue weighted by Crippen LogP contribution is 2.36. The fraction of sp³-hybridized carbons (Fsp3) is 0.462. The molecule has 0 spiro atoms. The Kier molecular flexibility index (Phi) is 3.74. The van der Waals surface area contributed by atoms with Crippen LogP contribution in [-0.2, 0) is 0 Å². The first-order valence-corrected chi connectivity index (χ1v) is 6.80. The lowest BCUT2D eigenvalue weighted by Gasteiger charge is -2.42. The monoisotopic (exact) mass is 286 g/mol. The lowest BCUT2D eigenvalue weighted by molar-refractivity contribution is 0.0820. The summed E-state index contributed by atoms with van der Waals surface area (Å²) in [6, 6.07) is 3.10. The smallest absolute Gasteiger partial charge is 0.253 e.